The average Bonchev–Trinajstić information content (AvgIpc) is 3.14. The van der Waals surface area contributed by atoms with Crippen LogP contribution in [-0.4, -0.2) is 43.7 Å². The summed E-state index contributed by atoms with van der Waals surface area (Å²) in [7, 11) is 1.45. The molecule has 0 bridgehead atoms. The Morgan fingerprint density at radius 2 is 1.68 bits per heavy atom. The molecule has 1 fully saturated rings. The predicted molar refractivity (Wildman–Crippen MR) is 97.3 cm³/mol. The van der Waals surface area contributed by atoms with Gasteiger partial charge < -0.3 is 9.47 Å². The van der Waals surface area contributed by atoms with E-state index in [0.717, 1.165) is 37.1 Å². The van der Waals surface area contributed by atoms with E-state index in [1.54, 1.807) is 0 Å². The van der Waals surface area contributed by atoms with Crippen LogP contribution in [0.5, 0.6) is 0 Å². The number of benzene rings is 2. The van der Waals surface area contributed by atoms with Crippen molar-refractivity contribution >= 4 is 5.97 Å². The summed E-state index contributed by atoms with van der Waals surface area (Å²) in [5.41, 5.74) is 2.28. The predicted octanol–water partition coefficient (Wildman–Crippen LogP) is 3.43. The highest BCUT2D eigenvalue weighted by Crippen LogP contribution is 2.26. The number of ether oxygens (including phenoxy) is 2. The van der Waals surface area contributed by atoms with Gasteiger partial charge in [0, 0.05) is 6.54 Å². The quantitative estimate of drug-likeness (QED) is 0.725. The number of nitrogens with zero attached hydrogens (tertiary/aromatic N) is 1. The number of hydrogen-bond donors (Lipinski definition) is 0. The van der Waals surface area contributed by atoms with Gasteiger partial charge in [0.2, 0.25) is 0 Å². The van der Waals surface area contributed by atoms with Crippen molar-refractivity contribution < 1.29 is 14.3 Å². The van der Waals surface area contributed by atoms with E-state index >= 15 is 0 Å². The highest BCUT2D eigenvalue weighted by molar-refractivity contribution is 5.75. The van der Waals surface area contributed by atoms with Crippen LogP contribution in [0.25, 0.3) is 0 Å². The van der Waals surface area contributed by atoms with Crippen molar-refractivity contribution in [3.8, 4) is 0 Å². The second-order valence-electron chi connectivity index (χ2n) is 6.29. The van der Waals surface area contributed by atoms with Crippen molar-refractivity contribution in [1.82, 2.24) is 4.90 Å². The van der Waals surface area contributed by atoms with Crippen LogP contribution < -0.4 is 0 Å². The molecule has 0 amide bonds. The lowest BCUT2D eigenvalue weighted by molar-refractivity contribution is -0.146. The lowest BCUT2D eigenvalue weighted by atomic mass is 10.0. The maximum Gasteiger partial charge on any atom is 0.323 e. The van der Waals surface area contributed by atoms with Crippen LogP contribution in [0.15, 0.2) is 60.7 Å². The molecule has 132 valence electrons. The minimum absolute atomic E-state index is 0.0958. The van der Waals surface area contributed by atoms with E-state index in [1.165, 1.54) is 7.11 Å². The van der Waals surface area contributed by atoms with Crippen LogP contribution in [-0.2, 0) is 14.3 Å². The molecule has 1 atom stereocenters. The van der Waals surface area contributed by atoms with Crippen LogP contribution >= 0.6 is 0 Å². The van der Waals surface area contributed by atoms with E-state index in [1.807, 2.05) is 36.4 Å². The molecular weight excluding hydrogens is 314 g/mol. The number of carbonyl (C=O) groups excluding carboxylic acids is 1. The average molecular weight is 339 g/mol. The van der Waals surface area contributed by atoms with Gasteiger partial charge in [-0.15, -0.1) is 0 Å². The molecule has 1 saturated heterocycles. The Bertz CT molecular complexity index is 620. The molecule has 1 aliphatic rings. The Labute approximate surface area is 149 Å². The van der Waals surface area contributed by atoms with Gasteiger partial charge in [-0.1, -0.05) is 60.7 Å². The molecule has 0 saturated carbocycles. The van der Waals surface area contributed by atoms with E-state index < -0.39 is 0 Å². The van der Waals surface area contributed by atoms with Gasteiger partial charge in [-0.2, -0.15) is 0 Å². The number of hydrogen-bond acceptors (Lipinski definition) is 4. The van der Waals surface area contributed by atoms with Gasteiger partial charge in [-0.05, 0) is 30.5 Å². The molecular formula is C21H25NO3. The maximum absolute atomic E-state index is 11.9. The number of methoxy groups -OCH3 is 1. The summed E-state index contributed by atoms with van der Waals surface area (Å²) < 4.78 is 11.2. The molecule has 0 spiro atoms. The molecule has 0 radical (unpaired) electrons. The molecule has 0 aliphatic carbocycles. The molecule has 25 heavy (non-hydrogen) atoms. The molecule has 0 N–H and O–H groups in total. The van der Waals surface area contributed by atoms with Gasteiger partial charge in [0.15, 0.2) is 0 Å². The van der Waals surface area contributed by atoms with Gasteiger partial charge in [-0.25, -0.2) is 0 Å². The molecule has 1 aliphatic heterocycles. The van der Waals surface area contributed by atoms with Crippen molar-refractivity contribution in [1.29, 1.82) is 0 Å². The third-order valence-corrected chi connectivity index (χ3v) is 4.70. The Kier molecular flexibility index (Phi) is 6.20. The van der Waals surface area contributed by atoms with Crippen molar-refractivity contribution in [3.63, 3.8) is 0 Å². The number of esters is 1. The van der Waals surface area contributed by atoms with E-state index in [9.17, 15) is 4.79 Å². The Balaban J connectivity index is 1.65. The van der Waals surface area contributed by atoms with Crippen molar-refractivity contribution in [2.45, 2.75) is 25.0 Å². The first kappa shape index (κ1) is 17.6. The smallest absolute Gasteiger partial charge is 0.323 e. The fourth-order valence-electron chi connectivity index (χ4n) is 3.43. The topological polar surface area (TPSA) is 38.8 Å². The van der Waals surface area contributed by atoms with Crippen LogP contribution in [0.1, 0.15) is 30.1 Å². The normalized spacial score (nSPS) is 17.8. The molecule has 2 aromatic carbocycles. The number of carbonyl (C=O) groups is 1. The second-order valence-corrected chi connectivity index (χ2v) is 6.29. The SMILES string of the molecule is COC(=O)[C@@H]1CCCN1CCOC(c1ccccc1)c1ccccc1. The van der Waals surface area contributed by atoms with Crippen molar-refractivity contribution in [2.75, 3.05) is 26.8 Å². The lowest BCUT2D eigenvalue weighted by Crippen LogP contribution is -2.39. The molecule has 0 unspecified atom stereocenters. The molecule has 3 rings (SSSR count). The van der Waals surface area contributed by atoms with Crippen LogP contribution in [0.3, 0.4) is 0 Å². The van der Waals surface area contributed by atoms with Crippen LogP contribution in [0, 0.1) is 0 Å². The van der Waals surface area contributed by atoms with E-state index in [0.29, 0.717) is 6.61 Å². The van der Waals surface area contributed by atoms with Gasteiger partial charge in [0.1, 0.15) is 12.1 Å². The maximum atomic E-state index is 11.9. The Hall–Kier alpha value is -2.17. The zero-order chi connectivity index (χ0) is 17.5. The van der Waals surface area contributed by atoms with Crippen LogP contribution in [0.4, 0.5) is 0 Å². The van der Waals surface area contributed by atoms with Crippen LogP contribution in [0.2, 0.25) is 0 Å². The number of likely N-dealkylation sites (tertiary alicyclic amines) is 1. The summed E-state index contributed by atoms with van der Waals surface area (Å²) in [5.74, 6) is -0.139. The molecule has 0 aromatic heterocycles. The largest absolute Gasteiger partial charge is 0.468 e. The lowest BCUT2D eigenvalue weighted by Gasteiger charge is -2.24. The zero-order valence-electron chi connectivity index (χ0n) is 14.6. The summed E-state index contributed by atoms with van der Waals surface area (Å²) >= 11 is 0. The standard InChI is InChI=1S/C21H25NO3/c1-24-21(23)19-13-8-14-22(19)15-16-25-20(17-9-4-2-5-10-17)18-11-6-3-7-12-18/h2-7,9-12,19-20H,8,13-16H2,1H3/t19-/m0/s1. The fraction of sp³-hybridized carbons (Fsp3) is 0.381. The summed E-state index contributed by atoms with van der Waals surface area (Å²) in [6.45, 7) is 2.22. The zero-order valence-corrected chi connectivity index (χ0v) is 14.6. The van der Waals surface area contributed by atoms with Gasteiger partial charge in [0.25, 0.3) is 0 Å². The third-order valence-electron chi connectivity index (χ3n) is 4.70. The first-order chi connectivity index (χ1) is 12.3. The van der Waals surface area contributed by atoms with Gasteiger partial charge >= 0.3 is 5.97 Å². The Morgan fingerprint density at radius 3 is 2.24 bits per heavy atom. The summed E-state index contributed by atoms with van der Waals surface area (Å²) in [5, 5.41) is 0. The first-order valence-corrected chi connectivity index (χ1v) is 8.83. The van der Waals surface area contributed by atoms with E-state index in [2.05, 4.69) is 29.2 Å². The van der Waals surface area contributed by atoms with Gasteiger partial charge in [0.05, 0.1) is 13.7 Å². The molecule has 4 nitrogen and oxygen atoms in total. The second kappa shape index (κ2) is 8.79. The summed E-state index contributed by atoms with van der Waals surface area (Å²) in [4.78, 5) is 14.0. The fourth-order valence-corrected chi connectivity index (χ4v) is 3.43. The van der Waals surface area contributed by atoms with Gasteiger partial charge in [-0.3, -0.25) is 9.69 Å². The minimum atomic E-state index is -0.139. The summed E-state index contributed by atoms with van der Waals surface area (Å²) in [6, 6.07) is 20.4. The molecule has 1 heterocycles. The summed E-state index contributed by atoms with van der Waals surface area (Å²) in [6.07, 6.45) is 1.80. The van der Waals surface area contributed by atoms with Crippen molar-refractivity contribution in [3.05, 3.63) is 71.8 Å². The molecule has 4 heteroatoms. The highest BCUT2D eigenvalue weighted by atomic mass is 16.5. The van der Waals surface area contributed by atoms with E-state index in [-0.39, 0.29) is 18.1 Å². The van der Waals surface area contributed by atoms with Crippen molar-refractivity contribution in [2.24, 2.45) is 0 Å². The highest BCUT2D eigenvalue weighted by Gasteiger charge is 2.31. The number of rotatable bonds is 7. The molecule has 2 aromatic rings. The minimum Gasteiger partial charge on any atom is -0.468 e. The Morgan fingerprint density at radius 1 is 1.08 bits per heavy atom. The van der Waals surface area contributed by atoms with E-state index in [4.69, 9.17) is 9.47 Å². The monoisotopic (exact) mass is 339 g/mol. The first-order valence-electron chi connectivity index (χ1n) is 8.83. The third kappa shape index (κ3) is 4.47.